The first-order valence-corrected chi connectivity index (χ1v) is 5.69. The number of rotatable bonds is 1. The maximum absolute atomic E-state index is 9.44. The van der Waals surface area contributed by atoms with Crippen LogP contribution in [0, 0.1) is 0 Å². The third-order valence-corrected chi connectivity index (χ3v) is 2.99. The lowest BCUT2D eigenvalue weighted by Gasteiger charge is -2.01. The lowest BCUT2D eigenvalue weighted by atomic mass is 10.2. The minimum Gasteiger partial charge on any atom is -0.508 e. The number of benzene rings is 1. The van der Waals surface area contributed by atoms with Crippen LogP contribution in [0.2, 0.25) is 5.15 Å². The summed E-state index contributed by atoms with van der Waals surface area (Å²) in [5.74, 6) is 1.000. The zero-order valence-electron chi connectivity index (χ0n) is 9.21. The molecule has 0 saturated carbocycles. The molecule has 0 saturated heterocycles. The molecule has 0 aliphatic carbocycles. The highest BCUT2D eigenvalue weighted by Crippen LogP contribution is 2.28. The van der Waals surface area contributed by atoms with Crippen molar-refractivity contribution >= 4 is 17.1 Å². The van der Waals surface area contributed by atoms with Gasteiger partial charge in [0, 0.05) is 17.8 Å². The first-order chi connectivity index (χ1) is 8.65. The van der Waals surface area contributed by atoms with Crippen LogP contribution < -0.4 is 0 Å². The molecule has 0 spiro atoms. The van der Waals surface area contributed by atoms with Crippen LogP contribution >= 0.6 is 11.6 Å². The predicted octanol–water partition coefficient (Wildman–Crippen LogP) is 3.07. The largest absolute Gasteiger partial charge is 0.508 e. The van der Waals surface area contributed by atoms with Crippen molar-refractivity contribution in [3.63, 3.8) is 0 Å². The van der Waals surface area contributed by atoms with E-state index >= 15 is 0 Å². The number of hydrogen-bond donors (Lipinski definition) is 2. The van der Waals surface area contributed by atoms with E-state index < -0.39 is 0 Å². The van der Waals surface area contributed by atoms with Crippen molar-refractivity contribution in [3.8, 4) is 22.9 Å². The van der Waals surface area contributed by atoms with E-state index in [4.69, 9.17) is 11.6 Å². The molecule has 1 aromatic carbocycles. The van der Waals surface area contributed by atoms with E-state index in [9.17, 15) is 10.2 Å². The number of pyridine rings is 1. The number of hydrogen-bond acceptors (Lipinski definition) is 3. The SMILES string of the molecule is Oc1ccc(-c2nc(Cl)c3cc(O)ccn23)cc1. The highest BCUT2D eigenvalue weighted by molar-refractivity contribution is 6.33. The first-order valence-electron chi connectivity index (χ1n) is 5.31. The van der Waals surface area contributed by atoms with E-state index in [2.05, 4.69) is 4.98 Å². The van der Waals surface area contributed by atoms with E-state index in [0.29, 0.717) is 16.5 Å². The first kappa shape index (κ1) is 10.9. The molecule has 0 radical (unpaired) electrons. The summed E-state index contributed by atoms with van der Waals surface area (Å²) in [7, 11) is 0. The van der Waals surface area contributed by atoms with Gasteiger partial charge in [0.2, 0.25) is 0 Å². The van der Waals surface area contributed by atoms with Gasteiger partial charge < -0.3 is 10.2 Å². The summed E-state index contributed by atoms with van der Waals surface area (Å²) in [6.45, 7) is 0. The van der Waals surface area contributed by atoms with Gasteiger partial charge in [-0.15, -0.1) is 0 Å². The van der Waals surface area contributed by atoms with Crippen LogP contribution in [0.3, 0.4) is 0 Å². The van der Waals surface area contributed by atoms with Crippen molar-refractivity contribution < 1.29 is 10.2 Å². The number of imidazole rings is 1. The van der Waals surface area contributed by atoms with E-state index in [-0.39, 0.29) is 11.5 Å². The monoisotopic (exact) mass is 260 g/mol. The molecule has 4 nitrogen and oxygen atoms in total. The summed E-state index contributed by atoms with van der Waals surface area (Å²) < 4.78 is 1.79. The van der Waals surface area contributed by atoms with Crippen LogP contribution in [0.5, 0.6) is 11.5 Å². The van der Waals surface area contributed by atoms with Crippen molar-refractivity contribution in [1.82, 2.24) is 9.38 Å². The molecule has 0 aliphatic rings. The lowest BCUT2D eigenvalue weighted by molar-refractivity contribution is 0.475. The van der Waals surface area contributed by atoms with Crippen molar-refractivity contribution in [1.29, 1.82) is 0 Å². The molecule has 0 unspecified atom stereocenters. The average molecular weight is 261 g/mol. The van der Waals surface area contributed by atoms with Crippen molar-refractivity contribution in [2.75, 3.05) is 0 Å². The fourth-order valence-electron chi connectivity index (χ4n) is 1.85. The molecule has 0 aliphatic heterocycles. The van der Waals surface area contributed by atoms with Crippen LogP contribution in [0.1, 0.15) is 0 Å². The van der Waals surface area contributed by atoms with Crippen molar-refractivity contribution in [3.05, 3.63) is 47.7 Å². The van der Waals surface area contributed by atoms with Crippen LogP contribution in [0.15, 0.2) is 42.6 Å². The zero-order chi connectivity index (χ0) is 12.7. The molecule has 3 rings (SSSR count). The van der Waals surface area contributed by atoms with Gasteiger partial charge in [-0.05, 0) is 30.3 Å². The number of nitrogens with zero attached hydrogens (tertiary/aromatic N) is 2. The average Bonchev–Trinajstić information content (AvgIpc) is 2.68. The van der Waals surface area contributed by atoms with E-state index in [1.165, 1.54) is 0 Å². The molecule has 90 valence electrons. The summed E-state index contributed by atoms with van der Waals surface area (Å²) in [5, 5.41) is 19.0. The van der Waals surface area contributed by atoms with Crippen LogP contribution in [0.4, 0.5) is 0 Å². The third-order valence-electron chi connectivity index (χ3n) is 2.71. The molecular weight excluding hydrogens is 252 g/mol. The molecule has 2 N–H and O–H groups in total. The van der Waals surface area contributed by atoms with Gasteiger partial charge in [-0.2, -0.15) is 0 Å². The van der Waals surface area contributed by atoms with E-state index in [1.807, 2.05) is 0 Å². The van der Waals surface area contributed by atoms with Crippen LogP contribution in [-0.2, 0) is 0 Å². The van der Waals surface area contributed by atoms with Gasteiger partial charge in [0.15, 0.2) is 5.15 Å². The number of phenols is 1. The van der Waals surface area contributed by atoms with E-state index in [0.717, 1.165) is 5.56 Å². The Hall–Kier alpha value is -2.20. The second-order valence-corrected chi connectivity index (χ2v) is 4.27. The van der Waals surface area contributed by atoms with Gasteiger partial charge in [-0.1, -0.05) is 11.6 Å². The maximum atomic E-state index is 9.44. The van der Waals surface area contributed by atoms with Crippen LogP contribution in [0.25, 0.3) is 16.9 Å². The number of fused-ring (bicyclic) bond motifs is 1. The topological polar surface area (TPSA) is 57.8 Å². The standard InChI is InChI=1S/C13H9ClN2O2/c14-12-11-7-10(18)5-6-16(11)13(15-12)8-1-3-9(17)4-2-8/h1-7,17-18H. The summed E-state index contributed by atoms with van der Waals surface area (Å²) in [6, 6.07) is 9.81. The Bertz CT molecular complexity index is 720. The summed E-state index contributed by atoms with van der Waals surface area (Å²) in [5.41, 5.74) is 1.47. The highest BCUT2D eigenvalue weighted by atomic mass is 35.5. The Morgan fingerprint density at radius 2 is 1.72 bits per heavy atom. The summed E-state index contributed by atoms with van der Waals surface area (Å²) in [4.78, 5) is 4.27. The molecule has 2 aromatic heterocycles. The Morgan fingerprint density at radius 3 is 2.44 bits per heavy atom. The predicted molar refractivity (Wildman–Crippen MR) is 69.0 cm³/mol. The number of phenolic OH excluding ortho intramolecular Hbond substituents is 1. The molecular formula is C13H9ClN2O2. The Morgan fingerprint density at radius 1 is 1.00 bits per heavy atom. The van der Waals surface area contributed by atoms with Gasteiger partial charge in [-0.3, -0.25) is 4.40 Å². The molecule has 18 heavy (non-hydrogen) atoms. The molecule has 0 atom stereocenters. The Labute approximate surface area is 108 Å². The molecule has 0 amide bonds. The number of aromatic hydroxyl groups is 2. The van der Waals surface area contributed by atoms with Crippen molar-refractivity contribution in [2.24, 2.45) is 0 Å². The molecule has 0 fully saturated rings. The minimum atomic E-state index is 0.140. The normalized spacial score (nSPS) is 10.9. The molecule has 2 heterocycles. The third kappa shape index (κ3) is 1.67. The van der Waals surface area contributed by atoms with Crippen molar-refractivity contribution in [2.45, 2.75) is 0 Å². The fraction of sp³-hybridized carbons (Fsp3) is 0. The molecule has 5 heteroatoms. The second-order valence-electron chi connectivity index (χ2n) is 3.91. The fourth-order valence-corrected chi connectivity index (χ4v) is 2.08. The second kappa shape index (κ2) is 3.92. The van der Waals surface area contributed by atoms with Gasteiger partial charge in [0.1, 0.15) is 17.3 Å². The minimum absolute atomic E-state index is 0.140. The van der Waals surface area contributed by atoms with Gasteiger partial charge in [0.25, 0.3) is 0 Å². The zero-order valence-corrected chi connectivity index (χ0v) is 9.96. The van der Waals surface area contributed by atoms with Crippen LogP contribution in [-0.4, -0.2) is 19.6 Å². The van der Waals surface area contributed by atoms with Gasteiger partial charge >= 0.3 is 0 Å². The molecule has 0 bridgehead atoms. The number of halogens is 1. The smallest absolute Gasteiger partial charge is 0.155 e. The maximum Gasteiger partial charge on any atom is 0.155 e. The number of aromatic nitrogens is 2. The van der Waals surface area contributed by atoms with Gasteiger partial charge in [0.05, 0.1) is 5.52 Å². The summed E-state index contributed by atoms with van der Waals surface area (Å²) >= 11 is 6.04. The summed E-state index contributed by atoms with van der Waals surface area (Å²) in [6.07, 6.45) is 1.70. The van der Waals surface area contributed by atoms with E-state index in [1.54, 1.807) is 47.0 Å². The lowest BCUT2D eigenvalue weighted by Crippen LogP contribution is -1.88. The van der Waals surface area contributed by atoms with Gasteiger partial charge in [-0.25, -0.2) is 4.98 Å². The highest BCUT2D eigenvalue weighted by Gasteiger charge is 2.11. The quantitative estimate of drug-likeness (QED) is 0.707. The Balaban J connectivity index is 2.26. The Kier molecular flexibility index (Phi) is 2.38. The molecule has 3 aromatic rings.